The van der Waals surface area contributed by atoms with Crippen molar-refractivity contribution in [3.05, 3.63) is 36.0 Å². The minimum atomic E-state index is -0.531. The average Bonchev–Trinajstić information content (AvgIpc) is 2.87. The van der Waals surface area contributed by atoms with Crippen molar-refractivity contribution in [2.24, 2.45) is 5.73 Å². The molecule has 2 rings (SSSR count). The van der Waals surface area contributed by atoms with Crippen molar-refractivity contribution in [3.63, 3.8) is 0 Å². The molecule has 0 saturated carbocycles. The van der Waals surface area contributed by atoms with Gasteiger partial charge < -0.3 is 20.8 Å². The summed E-state index contributed by atoms with van der Waals surface area (Å²) in [6.45, 7) is 1.23. The van der Waals surface area contributed by atoms with E-state index in [0.29, 0.717) is 19.6 Å². The van der Waals surface area contributed by atoms with Crippen LogP contribution in [0, 0.1) is 0 Å². The Labute approximate surface area is 118 Å². The Balaban J connectivity index is 1.90. The number of methoxy groups -OCH3 is 1. The van der Waals surface area contributed by atoms with Gasteiger partial charge in [-0.2, -0.15) is 0 Å². The molecular formula is C15H21N3O2. The summed E-state index contributed by atoms with van der Waals surface area (Å²) in [7, 11) is 1.64. The van der Waals surface area contributed by atoms with Crippen LogP contribution in [-0.2, 0) is 16.0 Å². The summed E-state index contributed by atoms with van der Waals surface area (Å²) in [6.07, 6.45) is 3.24. The second-order valence-electron chi connectivity index (χ2n) is 4.81. The highest BCUT2D eigenvalue weighted by molar-refractivity contribution is 5.86. The Kier molecular flexibility index (Phi) is 5.15. The van der Waals surface area contributed by atoms with E-state index in [-0.39, 0.29) is 5.91 Å². The number of para-hydroxylation sites is 1. The molecule has 1 atom stereocenters. The van der Waals surface area contributed by atoms with Gasteiger partial charge in [-0.25, -0.2) is 0 Å². The predicted molar refractivity (Wildman–Crippen MR) is 79.5 cm³/mol. The van der Waals surface area contributed by atoms with Gasteiger partial charge in [-0.1, -0.05) is 18.2 Å². The highest BCUT2D eigenvalue weighted by Gasteiger charge is 2.15. The SMILES string of the molecule is COCCCNC(=O)[C@@H](N)Cc1c[nH]c2ccccc12. The van der Waals surface area contributed by atoms with Gasteiger partial charge >= 0.3 is 0 Å². The van der Waals surface area contributed by atoms with Crippen LogP contribution in [0.4, 0.5) is 0 Å². The molecule has 1 amide bonds. The summed E-state index contributed by atoms with van der Waals surface area (Å²) in [5, 5.41) is 3.94. The van der Waals surface area contributed by atoms with Gasteiger partial charge in [0.25, 0.3) is 0 Å². The predicted octanol–water partition coefficient (Wildman–Crippen LogP) is 1.19. The molecule has 0 unspecified atom stereocenters. The van der Waals surface area contributed by atoms with Crippen molar-refractivity contribution in [2.75, 3.05) is 20.3 Å². The lowest BCUT2D eigenvalue weighted by Crippen LogP contribution is -2.42. The van der Waals surface area contributed by atoms with Gasteiger partial charge in [0.2, 0.25) is 5.91 Å². The molecule has 5 nitrogen and oxygen atoms in total. The number of carbonyl (C=O) groups excluding carboxylic acids is 1. The van der Waals surface area contributed by atoms with Crippen LogP contribution in [0.5, 0.6) is 0 Å². The molecule has 0 bridgehead atoms. The zero-order valence-corrected chi connectivity index (χ0v) is 11.7. The third-order valence-electron chi connectivity index (χ3n) is 3.28. The molecule has 2 aromatic rings. The summed E-state index contributed by atoms with van der Waals surface area (Å²) < 4.78 is 4.93. The van der Waals surface area contributed by atoms with Gasteiger partial charge in [0.1, 0.15) is 0 Å². The maximum atomic E-state index is 11.9. The zero-order chi connectivity index (χ0) is 14.4. The fourth-order valence-electron chi connectivity index (χ4n) is 2.19. The summed E-state index contributed by atoms with van der Waals surface area (Å²) in [6, 6.07) is 7.47. The van der Waals surface area contributed by atoms with Gasteiger partial charge in [0.15, 0.2) is 0 Å². The van der Waals surface area contributed by atoms with Crippen LogP contribution in [0.25, 0.3) is 10.9 Å². The molecule has 0 radical (unpaired) electrons. The average molecular weight is 275 g/mol. The molecular weight excluding hydrogens is 254 g/mol. The third-order valence-corrected chi connectivity index (χ3v) is 3.28. The van der Waals surface area contributed by atoms with Crippen molar-refractivity contribution < 1.29 is 9.53 Å². The molecule has 1 heterocycles. The largest absolute Gasteiger partial charge is 0.385 e. The fourth-order valence-corrected chi connectivity index (χ4v) is 2.19. The molecule has 0 saturated heterocycles. The van der Waals surface area contributed by atoms with E-state index in [1.165, 1.54) is 0 Å². The molecule has 0 aliphatic heterocycles. The second kappa shape index (κ2) is 7.07. The number of fused-ring (bicyclic) bond motifs is 1. The van der Waals surface area contributed by atoms with Crippen molar-refractivity contribution in [1.29, 1.82) is 0 Å². The fraction of sp³-hybridized carbons (Fsp3) is 0.400. The van der Waals surface area contributed by atoms with Gasteiger partial charge in [0, 0.05) is 37.4 Å². The standard InChI is InChI=1S/C15H21N3O2/c1-20-8-4-7-17-15(19)13(16)9-11-10-18-14-6-3-2-5-12(11)14/h2-3,5-6,10,13,18H,4,7-9,16H2,1H3,(H,17,19)/t13-/m0/s1. The lowest BCUT2D eigenvalue weighted by atomic mass is 10.1. The van der Waals surface area contributed by atoms with Crippen molar-refractivity contribution in [1.82, 2.24) is 10.3 Å². The Bertz CT molecular complexity index is 565. The molecule has 1 aromatic carbocycles. The number of aromatic nitrogens is 1. The molecule has 0 aliphatic rings. The molecule has 0 fully saturated rings. The lowest BCUT2D eigenvalue weighted by molar-refractivity contribution is -0.122. The number of nitrogens with two attached hydrogens (primary N) is 1. The van der Waals surface area contributed by atoms with E-state index >= 15 is 0 Å². The number of benzene rings is 1. The topological polar surface area (TPSA) is 80.1 Å². The number of rotatable bonds is 7. The number of carbonyl (C=O) groups is 1. The number of hydrogen-bond acceptors (Lipinski definition) is 3. The minimum Gasteiger partial charge on any atom is -0.385 e. The Morgan fingerprint density at radius 1 is 1.45 bits per heavy atom. The third kappa shape index (κ3) is 3.59. The van der Waals surface area contributed by atoms with Crippen LogP contribution in [0.3, 0.4) is 0 Å². The smallest absolute Gasteiger partial charge is 0.237 e. The first kappa shape index (κ1) is 14.6. The molecule has 0 spiro atoms. The van der Waals surface area contributed by atoms with E-state index < -0.39 is 6.04 Å². The van der Waals surface area contributed by atoms with Gasteiger partial charge in [-0.15, -0.1) is 0 Å². The van der Waals surface area contributed by atoms with E-state index in [1.54, 1.807) is 7.11 Å². The maximum absolute atomic E-state index is 11.9. The Hall–Kier alpha value is -1.85. The molecule has 4 N–H and O–H groups in total. The Morgan fingerprint density at radius 2 is 2.25 bits per heavy atom. The van der Waals surface area contributed by atoms with E-state index in [9.17, 15) is 4.79 Å². The quantitative estimate of drug-likeness (QED) is 0.664. The van der Waals surface area contributed by atoms with Gasteiger partial charge in [-0.3, -0.25) is 4.79 Å². The van der Waals surface area contributed by atoms with E-state index in [4.69, 9.17) is 10.5 Å². The number of nitrogens with one attached hydrogen (secondary N) is 2. The van der Waals surface area contributed by atoms with Crippen molar-refractivity contribution in [3.8, 4) is 0 Å². The number of hydrogen-bond donors (Lipinski definition) is 3. The van der Waals surface area contributed by atoms with Crippen LogP contribution < -0.4 is 11.1 Å². The number of ether oxygens (including phenoxy) is 1. The second-order valence-corrected chi connectivity index (χ2v) is 4.81. The van der Waals surface area contributed by atoms with E-state index in [0.717, 1.165) is 22.9 Å². The van der Waals surface area contributed by atoms with Crippen molar-refractivity contribution >= 4 is 16.8 Å². The number of aromatic amines is 1. The number of amides is 1. The summed E-state index contributed by atoms with van der Waals surface area (Å²) >= 11 is 0. The maximum Gasteiger partial charge on any atom is 0.237 e. The summed E-state index contributed by atoms with van der Waals surface area (Å²) in [5.74, 6) is -0.119. The van der Waals surface area contributed by atoms with Crippen LogP contribution in [0.15, 0.2) is 30.5 Å². The summed E-state index contributed by atoms with van der Waals surface area (Å²) in [4.78, 5) is 15.1. The molecule has 20 heavy (non-hydrogen) atoms. The molecule has 0 aliphatic carbocycles. The van der Waals surface area contributed by atoms with E-state index in [1.807, 2.05) is 30.5 Å². The van der Waals surface area contributed by atoms with Crippen LogP contribution in [0.1, 0.15) is 12.0 Å². The zero-order valence-electron chi connectivity index (χ0n) is 11.7. The number of H-pyrrole nitrogens is 1. The normalized spacial score (nSPS) is 12.5. The van der Waals surface area contributed by atoms with Crippen LogP contribution in [-0.4, -0.2) is 37.2 Å². The Morgan fingerprint density at radius 3 is 3.05 bits per heavy atom. The minimum absolute atomic E-state index is 0.119. The highest BCUT2D eigenvalue weighted by Crippen LogP contribution is 2.18. The van der Waals surface area contributed by atoms with Gasteiger partial charge in [0.05, 0.1) is 6.04 Å². The first-order chi connectivity index (χ1) is 9.72. The monoisotopic (exact) mass is 275 g/mol. The van der Waals surface area contributed by atoms with Crippen molar-refractivity contribution in [2.45, 2.75) is 18.9 Å². The van der Waals surface area contributed by atoms with Crippen LogP contribution >= 0.6 is 0 Å². The van der Waals surface area contributed by atoms with Gasteiger partial charge in [-0.05, 0) is 24.5 Å². The molecule has 5 heteroatoms. The van der Waals surface area contributed by atoms with E-state index in [2.05, 4.69) is 10.3 Å². The summed E-state index contributed by atoms with van der Waals surface area (Å²) in [5.41, 5.74) is 8.09. The molecule has 108 valence electrons. The highest BCUT2D eigenvalue weighted by atomic mass is 16.5. The lowest BCUT2D eigenvalue weighted by Gasteiger charge is -2.11. The molecule has 1 aromatic heterocycles. The van der Waals surface area contributed by atoms with Crippen LogP contribution in [0.2, 0.25) is 0 Å². The first-order valence-electron chi connectivity index (χ1n) is 6.79. The first-order valence-corrected chi connectivity index (χ1v) is 6.79.